The van der Waals surface area contributed by atoms with Crippen LogP contribution in [0.15, 0.2) is 42.5 Å². The fourth-order valence-corrected chi connectivity index (χ4v) is 5.40. The van der Waals surface area contributed by atoms with Crippen LogP contribution in [0.3, 0.4) is 0 Å². The molecule has 0 aliphatic carbocycles. The number of hydrogen-bond acceptors (Lipinski definition) is 6. The van der Waals surface area contributed by atoms with Crippen molar-refractivity contribution in [1.82, 2.24) is 10.2 Å². The molecule has 1 aliphatic heterocycles. The van der Waals surface area contributed by atoms with E-state index in [9.17, 15) is 9.59 Å². The third kappa shape index (κ3) is 9.95. The van der Waals surface area contributed by atoms with Gasteiger partial charge >= 0.3 is 0 Å². The maximum absolute atomic E-state index is 13.5. The number of methoxy groups -OCH3 is 1. The largest absolute Gasteiger partial charge is 0.495 e. The Kier molecular flexibility index (Phi) is 13.8. The number of para-hydroxylation sites is 2. The summed E-state index contributed by atoms with van der Waals surface area (Å²) < 4.78 is 5.58. The first-order valence-corrected chi connectivity index (χ1v) is 15.6. The number of unbranched alkanes of at least 4 members (excludes halogenated alkanes) is 5. The third-order valence-electron chi connectivity index (χ3n) is 7.94. The van der Waals surface area contributed by atoms with E-state index in [0.29, 0.717) is 24.2 Å². The van der Waals surface area contributed by atoms with Crippen LogP contribution < -0.4 is 25.2 Å². The van der Waals surface area contributed by atoms with Crippen molar-refractivity contribution in [3.8, 4) is 5.75 Å². The topological polar surface area (TPSA) is 77.1 Å². The summed E-state index contributed by atoms with van der Waals surface area (Å²) in [4.78, 5) is 33.0. The molecule has 1 aliphatic rings. The Labute approximate surface area is 247 Å². The smallest absolute Gasteiger partial charge is 0.253 e. The van der Waals surface area contributed by atoms with Crippen molar-refractivity contribution in [2.45, 2.75) is 65.7 Å². The van der Waals surface area contributed by atoms with Crippen LogP contribution in [0.2, 0.25) is 0 Å². The number of hydrogen-bond donors (Lipinski definition) is 2. The lowest BCUT2D eigenvalue weighted by Gasteiger charge is -2.38. The van der Waals surface area contributed by atoms with Crippen LogP contribution in [0.1, 0.15) is 76.1 Å². The Balaban J connectivity index is 1.69. The zero-order valence-corrected chi connectivity index (χ0v) is 25.7. The molecule has 2 aromatic rings. The van der Waals surface area contributed by atoms with E-state index in [-0.39, 0.29) is 11.8 Å². The van der Waals surface area contributed by atoms with E-state index in [2.05, 4.69) is 52.2 Å². The van der Waals surface area contributed by atoms with Gasteiger partial charge in [0, 0.05) is 57.1 Å². The van der Waals surface area contributed by atoms with E-state index in [1.54, 1.807) is 7.11 Å². The Morgan fingerprint density at radius 3 is 2.20 bits per heavy atom. The zero-order chi connectivity index (χ0) is 29.5. The molecule has 2 N–H and O–H groups in total. The molecule has 8 nitrogen and oxygen atoms in total. The highest BCUT2D eigenvalue weighted by Gasteiger charge is 2.24. The highest BCUT2D eigenvalue weighted by molar-refractivity contribution is 6.02. The van der Waals surface area contributed by atoms with Gasteiger partial charge < -0.3 is 30.1 Å². The first kappa shape index (κ1) is 32.3. The molecule has 0 saturated carbocycles. The van der Waals surface area contributed by atoms with Gasteiger partial charge in [0.2, 0.25) is 5.91 Å². The first-order chi connectivity index (χ1) is 20.0. The Morgan fingerprint density at radius 1 is 0.854 bits per heavy atom. The SMILES string of the molecule is CCCCCCCCC(=O)Nc1ccc(N2CCN(c3ccccc3OC)CC2)c(C(=O)NCCN(CC)CC)c1. The number of carbonyl (C=O) groups excluding carboxylic acids is 2. The number of benzene rings is 2. The van der Waals surface area contributed by atoms with Gasteiger partial charge in [-0.2, -0.15) is 0 Å². The number of amides is 2. The summed E-state index contributed by atoms with van der Waals surface area (Å²) in [5, 5.41) is 6.15. The van der Waals surface area contributed by atoms with E-state index >= 15 is 0 Å². The van der Waals surface area contributed by atoms with Crippen molar-refractivity contribution < 1.29 is 14.3 Å². The van der Waals surface area contributed by atoms with Crippen molar-refractivity contribution in [1.29, 1.82) is 0 Å². The van der Waals surface area contributed by atoms with Gasteiger partial charge in [-0.1, -0.05) is 65.0 Å². The lowest BCUT2D eigenvalue weighted by Crippen LogP contribution is -2.47. The molecule has 1 fully saturated rings. The average molecular weight is 566 g/mol. The molecular formula is C33H51N5O3. The summed E-state index contributed by atoms with van der Waals surface area (Å²) in [6.45, 7) is 13.0. The molecule has 1 heterocycles. The maximum Gasteiger partial charge on any atom is 0.253 e. The molecule has 0 unspecified atom stereocenters. The highest BCUT2D eigenvalue weighted by Crippen LogP contribution is 2.31. The van der Waals surface area contributed by atoms with Crippen molar-refractivity contribution in [2.24, 2.45) is 0 Å². The van der Waals surface area contributed by atoms with Crippen LogP contribution in [0, 0.1) is 0 Å². The molecule has 226 valence electrons. The van der Waals surface area contributed by atoms with Crippen molar-refractivity contribution >= 4 is 28.9 Å². The minimum atomic E-state index is -0.105. The molecule has 2 aromatic carbocycles. The molecule has 41 heavy (non-hydrogen) atoms. The summed E-state index contributed by atoms with van der Waals surface area (Å²) >= 11 is 0. The fraction of sp³-hybridized carbons (Fsp3) is 0.576. The number of anilines is 3. The molecule has 0 bridgehead atoms. The monoisotopic (exact) mass is 565 g/mol. The lowest BCUT2D eigenvalue weighted by molar-refractivity contribution is -0.116. The number of likely N-dealkylation sites (N-methyl/N-ethyl adjacent to an activating group) is 1. The Bertz CT molecular complexity index is 1080. The Morgan fingerprint density at radius 2 is 1.51 bits per heavy atom. The summed E-state index contributed by atoms with van der Waals surface area (Å²) in [5.74, 6) is 0.771. The predicted molar refractivity (Wildman–Crippen MR) is 171 cm³/mol. The zero-order valence-electron chi connectivity index (χ0n) is 25.7. The second kappa shape index (κ2) is 17.5. The predicted octanol–water partition coefficient (Wildman–Crippen LogP) is 5.78. The Hall–Kier alpha value is -3.26. The number of rotatable bonds is 17. The lowest BCUT2D eigenvalue weighted by atomic mass is 10.1. The molecule has 2 amide bonds. The average Bonchev–Trinajstić information content (AvgIpc) is 3.01. The van der Waals surface area contributed by atoms with Gasteiger partial charge in [-0.3, -0.25) is 9.59 Å². The van der Waals surface area contributed by atoms with Crippen LogP contribution in [-0.4, -0.2) is 76.2 Å². The minimum absolute atomic E-state index is 0.00607. The second-order valence-corrected chi connectivity index (χ2v) is 10.7. The normalized spacial score (nSPS) is 13.4. The second-order valence-electron chi connectivity index (χ2n) is 10.7. The number of nitrogens with one attached hydrogen (secondary N) is 2. The van der Waals surface area contributed by atoms with Crippen LogP contribution in [0.4, 0.5) is 17.1 Å². The van der Waals surface area contributed by atoms with Gasteiger partial charge in [0.05, 0.1) is 18.4 Å². The van der Waals surface area contributed by atoms with Gasteiger partial charge in [0.1, 0.15) is 5.75 Å². The van der Waals surface area contributed by atoms with Crippen LogP contribution in [0.5, 0.6) is 5.75 Å². The summed E-state index contributed by atoms with van der Waals surface area (Å²) in [7, 11) is 1.70. The summed E-state index contributed by atoms with van der Waals surface area (Å²) in [6.07, 6.45) is 7.37. The van der Waals surface area contributed by atoms with Crippen LogP contribution in [-0.2, 0) is 4.79 Å². The minimum Gasteiger partial charge on any atom is -0.495 e. The van der Waals surface area contributed by atoms with E-state index in [0.717, 1.165) is 75.8 Å². The van der Waals surface area contributed by atoms with E-state index in [1.807, 2.05) is 36.4 Å². The molecule has 0 radical (unpaired) electrons. The van der Waals surface area contributed by atoms with Gasteiger partial charge in [-0.15, -0.1) is 0 Å². The highest BCUT2D eigenvalue weighted by atomic mass is 16.5. The van der Waals surface area contributed by atoms with Crippen LogP contribution >= 0.6 is 0 Å². The number of nitrogens with zero attached hydrogens (tertiary/aromatic N) is 3. The molecule has 0 spiro atoms. The molecular weight excluding hydrogens is 514 g/mol. The van der Waals surface area contributed by atoms with Gasteiger partial charge in [-0.25, -0.2) is 0 Å². The summed E-state index contributed by atoms with van der Waals surface area (Å²) in [5.41, 5.74) is 3.27. The first-order valence-electron chi connectivity index (χ1n) is 15.6. The van der Waals surface area contributed by atoms with Gasteiger partial charge in [0.15, 0.2) is 0 Å². The van der Waals surface area contributed by atoms with E-state index < -0.39 is 0 Å². The summed E-state index contributed by atoms with van der Waals surface area (Å²) in [6, 6.07) is 13.8. The number of carbonyl (C=O) groups is 2. The van der Waals surface area contributed by atoms with Gasteiger partial charge in [-0.05, 0) is 49.8 Å². The van der Waals surface area contributed by atoms with E-state index in [4.69, 9.17) is 4.74 Å². The van der Waals surface area contributed by atoms with E-state index in [1.165, 1.54) is 25.7 Å². The van der Waals surface area contributed by atoms with Crippen molar-refractivity contribution in [2.75, 3.05) is 74.6 Å². The number of piperazine rings is 1. The quantitative estimate of drug-likeness (QED) is 0.237. The number of ether oxygens (including phenoxy) is 1. The molecule has 0 aromatic heterocycles. The maximum atomic E-state index is 13.5. The fourth-order valence-electron chi connectivity index (χ4n) is 5.40. The van der Waals surface area contributed by atoms with Crippen molar-refractivity contribution in [3.63, 3.8) is 0 Å². The van der Waals surface area contributed by atoms with Crippen LogP contribution in [0.25, 0.3) is 0 Å². The molecule has 3 rings (SSSR count). The standard InChI is InChI=1S/C33H51N5O3/c1-5-8-9-10-11-12-17-32(39)35-27-18-19-29(28(26-27)33(40)34-20-21-36(6-2)7-3)37-22-24-38(25-23-37)30-15-13-14-16-31(30)41-4/h13-16,18-19,26H,5-12,17,20-25H2,1-4H3,(H,34,40)(H,35,39). The van der Waals surface area contributed by atoms with Gasteiger partial charge in [0.25, 0.3) is 5.91 Å². The van der Waals surface area contributed by atoms with Crippen molar-refractivity contribution in [3.05, 3.63) is 48.0 Å². The molecule has 0 atom stereocenters. The molecule has 1 saturated heterocycles. The molecule has 8 heteroatoms. The third-order valence-corrected chi connectivity index (χ3v) is 7.94.